The van der Waals surface area contributed by atoms with Crippen LogP contribution in [0.2, 0.25) is 0 Å². The number of carbonyl (C=O) groups is 2. The number of morpholine rings is 1. The van der Waals surface area contributed by atoms with Gasteiger partial charge in [0.2, 0.25) is 5.91 Å². The van der Waals surface area contributed by atoms with E-state index >= 15 is 0 Å². The molecule has 0 spiro atoms. The molecule has 2 heterocycles. The number of rotatable bonds is 4. The van der Waals surface area contributed by atoms with E-state index in [1.165, 1.54) is 16.2 Å². The Morgan fingerprint density at radius 2 is 2.33 bits per heavy atom. The van der Waals surface area contributed by atoms with Gasteiger partial charge in [-0.1, -0.05) is 6.07 Å². The summed E-state index contributed by atoms with van der Waals surface area (Å²) in [7, 11) is 1.62. The lowest BCUT2D eigenvalue weighted by atomic mass is 10.2. The van der Waals surface area contributed by atoms with Gasteiger partial charge in [-0.25, -0.2) is 0 Å². The third-order valence-corrected chi connectivity index (χ3v) is 4.34. The Morgan fingerprint density at radius 3 is 2.95 bits per heavy atom. The molecule has 2 amide bonds. The first-order valence-electron chi connectivity index (χ1n) is 6.83. The highest BCUT2D eigenvalue weighted by Crippen LogP contribution is 2.14. The second-order valence-corrected chi connectivity index (χ2v) is 6.12. The summed E-state index contributed by atoms with van der Waals surface area (Å²) in [6.45, 7) is 2.57. The molecule has 2 atom stereocenters. The Balaban J connectivity index is 1.95. The molecule has 0 aromatic carbocycles. The van der Waals surface area contributed by atoms with E-state index in [1.807, 2.05) is 18.4 Å². The van der Waals surface area contributed by atoms with Crippen LogP contribution in [-0.4, -0.2) is 72.2 Å². The van der Waals surface area contributed by atoms with Crippen molar-refractivity contribution >= 4 is 23.2 Å². The second kappa shape index (κ2) is 7.02. The Labute approximate surface area is 127 Å². The van der Waals surface area contributed by atoms with Gasteiger partial charge in [0, 0.05) is 13.6 Å². The van der Waals surface area contributed by atoms with Gasteiger partial charge >= 0.3 is 0 Å². The highest BCUT2D eigenvalue weighted by atomic mass is 32.1. The van der Waals surface area contributed by atoms with Crippen molar-refractivity contribution in [3.63, 3.8) is 0 Å². The number of aliphatic hydroxyl groups is 1. The lowest BCUT2D eigenvalue weighted by molar-refractivity contribution is -0.146. The van der Waals surface area contributed by atoms with Crippen LogP contribution in [0.15, 0.2) is 17.5 Å². The van der Waals surface area contributed by atoms with E-state index in [1.54, 1.807) is 18.0 Å². The maximum absolute atomic E-state index is 12.4. The molecule has 0 saturated carbocycles. The van der Waals surface area contributed by atoms with Crippen LogP contribution in [0.5, 0.6) is 0 Å². The van der Waals surface area contributed by atoms with Crippen LogP contribution in [0, 0.1) is 0 Å². The fraction of sp³-hybridized carbons (Fsp3) is 0.571. The zero-order valence-electron chi connectivity index (χ0n) is 12.2. The number of aliphatic hydroxyl groups excluding tert-OH is 1. The highest BCUT2D eigenvalue weighted by Gasteiger charge is 2.30. The molecule has 0 bridgehead atoms. The molecule has 1 aromatic rings. The van der Waals surface area contributed by atoms with Gasteiger partial charge in [0.1, 0.15) is 0 Å². The third kappa shape index (κ3) is 3.81. The first kappa shape index (κ1) is 15.9. The number of hydrogen-bond acceptors (Lipinski definition) is 5. The molecule has 1 aliphatic rings. The average Bonchev–Trinajstić information content (AvgIpc) is 3.00. The quantitative estimate of drug-likeness (QED) is 0.875. The molecule has 21 heavy (non-hydrogen) atoms. The lowest BCUT2D eigenvalue weighted by Crippen LogP contribution is -2.54. The molecule has 6 nitrogen and oxygen atoms in total. The van der Waals surface area contributed by atoms with Crippen LogP contribution in [0.25, 0.3) is 0 Å². The molecular formula is C14H20N2O4S. The normalized spacial score (nSPS) is 22.1. The largest absolute Gasteiger partial charge is 0.394 e. The summed E-state index contributed by atoms with van der Waals surface area (Å²) in [5.74, 6) is -0.283. The average molecular weight is 312 g/mol. The van der Waals surface area contributed by atoms with Gasteiger partial charge in [-0.15, -0.1) is 11.3 Å². The van der Waals surface area contributed by atoms with E-state index in [9.17, 15) is 9.59 Å². The summed E-state index contributed by atoms with van der Waals surface area (Å²) in [6.07, 6.45) is -0.344. The monoisotopic (exact) mass is 312 g/mol. The molecular weight excluding hydrogens is 292 g/mol. The molecule has 1 aliphatic heterocycles. The van der Waals surface area contributed by atoms with Crippen molar-refractivity contribution in [3.8, 4) is 0 Å². The number of hydrogen-bond donors (Lipinski definition) is 1. The minimum Gasteiger partial charge on any atom is -0.394 e. The van der Waals surface area contributed by atoms with Crippen LogP contribution >= 0.6 is 11.3 Å². The SMILES string of the molecule is CC1COC(CO)CN1C(=O)CN(C)C(=O)c1cccs1. The van der Waals surface area contributed by atoms with E-state index in [0.29, 0.717) is 18.0 Å². The van der Waals surface area contributed by atoms with E-state index in [2.05, 4.69) is 0 Å². The molecule has 1 aromatic heterocycles. The number of ether oxygens (including phenoxy) is 1. The van der Waals surface area contributed by atoms with E-state index < -0.39 is 0 Å². The first-order chi connectivity index (χ1) is 10.0. The van der Waals surface area contributed by atoms with Crippen LogP contribution in [-0.2, 0) is 9.53 Å². The van der Waals surface area contributed by atoms with Crippen molar-refractivity contribution in [3.05, 3.63) is 22.4 Å². The van der Waals surface area contributed by atoms with Gasteiger partial charge in [-0.05, 0) is 18.4 Å². The summed E-state index contributed by atoms with van der Waals surface area (Å²) < 4.78 is 5.41. The van der Waals surface area contributed by atoms with Gasteiger partial charge in [0.25, 0.3) is 5.91 Å². The Kier molecular flexibility index (Phi) is 5.33. The maximum Gasteiger partial charge on any atom is 0.264 e. The fourth-order valence-corrected chi connectivity index (χ4v) is 2.95. The molecule has 0 radical (unpaired) electrons. The molecule has 7 heteroatoms. The molecule has 2 rings (SSSR count). The Bertz CT molecular complexity index is 491. The van der Waals surface area contributed by atoms with Crippen LogP contribution in [0.1, 0.15) is 16.6 Å². The van der Waals surface area contributed by atoms with Crippen molar-refractivity contribution in [1.29, 1.82) is 0 Å². The van der Waals surface area contributed by atoms with E-state index in [4.69, 9.17) is 9.84 Å². The maximum atomic E-state index is 12.4. The van der Waals surface area contributed by atoms with Gasteiger partial charge in [-0.2, -0.15) is 0 Å². The van der Waals surface area contributed by atoms with E-state index in [-0.39, 0.29) is 37.1 Å². The van der Waals surface area contributed by atoms with Crippen molar-refractivity contribution in [1.82, 2.24) is 9.80 Å². The van der Waals surface area contributed by atoms with Crippen molar-refractivity contribution in [2.45, 2.75) is 19.1 Å². The van der Waals surface area contributed by atoms with Crippen molar-refractivity contribution in [2.24, 2.45) is 0 Å². The van der Waals surface area contributed by atoms with Gasteiger partial charge < -0.3 is 19.6 Å². The summed E-state index contributed by atoms with van der Waals surface area (Å²) in [4.78, 5) is 28.2. The number of carbonyl (C=O) groups excluding carboxylic acids is 2. The van der Waals surface area contributed by atoms with Crippen LogP contribution in [0.4, 0.5) is 0 Å². The standard InChI is InChI=1S/C14H20N2O4S/c1-10-9-20-11(8-17)6-16(10)13(18)7-15(2)14(19)12-4-3-5-21-12/h3-5,10-11,17H,6-9H2,1-2H3. The van der Waals surface area contributed by atoms with E-state index in [0.717, 1.165) is 0 Å². The smallest absolute Gasteiger partial charge is 0.264 e. The number of thiophene rings is 1. The predicted molar refractivity (Wildman–Crippen MR) is 79.3 cm³/mol. The van der Waals surface area contributed by atoms with Crippen LogP contribution in [0.3, 0.4) is 0 Å². The number of likely N-dealkylation sites (N-methyl/N-ethyl adjacent to an activating group) is 1. The molecule has 1 saturated heterocycles. The number of amides is 2. The summed E-state index contributed by atoms with van der Waals surface area (Å²) in [5.41, 5.74) is 0. The zero-order chi connectivity index (χ0) is 15.4. The van der Waals surface area contributed by atoms with Gasteiger partial charge in [0.15, 0.2) is 0 Å². The van der Waals surface area contributed by atoms with Crippen molar-refractivity contribution in [2.75, 3.05) is 33.4 Å². The molecule has 116 valence electrons. The summed E-state index contributed by atoms with van der Waals surface area (Å²) >= 11 is 1.36. The first-order valence-corrected chi connectivity index (χ1v) is 7.71. The fourth-order valence-electron chi connectivity index (χ4n) is 2.23. The summed E-state index contributed by atoms with van der Waals surface area (Å²) in [6, 6.07) is 3.50. The Hall–Kier alpha value is -1.44. The lowest BCUT2D eigenvalue weighted by Gasteiger charge is -2.38. The minimum absolute atomic E-state index is 0.0270. The summed E-state index contributed by atoms with van der Waals surface area (Å²) in [5, 5.41) is 11.0. The predicted octanol–water partition coefficient (Wildman–Crippen LogP) is 0.428. The topological polar surface area (TPSA) is 70.1 Å². The minimum atomic E-state index is -0.344. The third-order valence-electron chi connectivity index (χ3n) is 3.48. The molecule has 1 fully saturated rings. The molecule has 1 N–H and O–H groups in total. The van der Waals surface area contributed by atoms with Crippen molar-refractivity contribution < 1.29 is 19.4 Å². The van der Waals surface area contributed by atoms with Gasteiger partial charge in [0.05, 0.1) is 36.8 Å². The molecule has 2 unspecified atom stereocenters. The second-order valence-electron chi connectivity index (χ2n) is 5.17. The van der Waals surface area contributed by atoms with Crippen LogP contribution < -0.4 is 0 Å². The zero-order valence-corrected chi connectivity index (χ0v) is 13.0. The molecule has 0 aliphatic carbocycles. The number of nitrogens with zero attached hydrogens (tertiary/aromatic N) is 2. The van der Waals surface area contributed by atoms with Gasteiger partial charge in [-0.3, -0.25) is 9.59 Å². The Morgan fingerprint density at radius 1 is 1.57 bits per heavy atom. The highest BCUT2D eigenvalue weighted by molar-refractivity contribution is 7.12.